The molecule has 27 heavy (non-hydrogen) atoms. The minimum Gasteiger partial charge on any atom is -0.508 e. The Labute approximate surface area is 159 Å². The number of carbonyl (C=O) groups excluding carboxylic acids is 2. The van der Waals surface area contributed by atoms with Gasteiger partial charge in [-0.05, 0) is 52.4 Å². The van der Waals surface area contributed by atoms with E-state index in [4.69, 9.17) is 0 Å². The highest BCUT2D eigenvalue weighted by Gasteiger charge is 2.35. The van der Waals surface area contributed by atoms with Crippen molar-refractivity contribution in [1.82, 2.24) is 4.90 Å². The number of benzene rings is 3. The first kappa shape index (κ1) is 17.2. The fourth-order valence-electron chi connectivity index (χ4n) is 2.95. The molecule has 0 saturated carbocycles. The van der Waals surface area contributed by atoms with Crippen LogP contribution >= 0.6 is 11.8 Å². The number of hydrogen-bond acceptors (Lipinski definition) is 5. The summed E-state index contributed by atoms with van der Waals surface area (Å²) in [6.45, 7) is 0.189. The molecule has 1 aliphatic rings. The van der Waals surface area contributed by atoms with Gasteiger partial charge < -0.3 is 10.2 Å². The number of rotatable bonds is 3. The Morgan fingerprint density at radius 1 is 0.926 bits per heavy atom. The largest absolute Gasteiger partial charge is 0.508 e. The van der Waals surface area contributed by atoms with E-state index in [9.17, 15) is 19.8 Å². The van der Waals surface area contributed by atoms with E-state index >= 15 is 0 Å². The van der Waals surface area contributed by atoms with Gasteiger partial charge in [0, 0.05) is 11.6 Å². The third kappa shape index (κ3) is 3.39. The lowest BCUT2D eigenvalue weighted by Crippen LogP contribution is -2.27. The van der Waals surface area contributed by atoms with Crippen molar-refractivity contribution < 1.29 is 19.8 Å². The van der Waals surface area contributed by atoms with Crippen molar-refractivity contribution in [1.29, 1.82) is 0 Å². The molecule has 2 N–H and O–H groups in total. The molecule has 1 fully saturated rings. The maximum Gasteiger partial charge on any atom is 0.293 e. The number of amides is 2. The van der Waals surface area contributed by atoms with Gasteiger partial charge in [-0.15, -0.1) is 0 Å². The van der Waals surface area contributed by atoms with E-state index in [2.05, 4.69) is 0 Å². The van der Waals surface area contributed by atoms with Crippen molar-refractivity contribution in [2.45, 2.75) is 6.54 Å². The second-order valence-electron chi connectivity index (χ2n) is 6.19. The summed E-state index contributed by atoms with van der Waals surface area (Å²) in [5, 5.41) is 21.0. The number of thioether (sulfide) groups is 1. The summed E-state index contributed by atoms with van der Waals surface area (Å²) in [7, 11) is 0. The third-order valence-electron chi connectivity index (χ3n) is 4.33. The van der Waals surface area contributed by atoms with Gasteiger partial charge in [0.1, 0.15) is 11.5 Å². The van der Waals surface area contributed by atoms with Crippen LogP contribution in [0.15, 0.2) is 65.6 Å². The molecule has 3 aromatic rings. The van der Waals surface area contributed by atoms with E-state index in [1.807, 2.05) is 42.5 Å². The first-order chi connectivity index (χ1) is 13.0. The minimum atomic E-state index is -0.398. The van der Waals surface area contributed by atoms with Gasteiger partial charge in [-0.2, -0.15) is 0 Å². The van der Waals surface area contributed by atoms with Crippen LogP contribution in [-0.2, 0) is 11.3 Å². The highest BCUT2D eigenvalue weighted by Crippen LogP contribution is 2.35. The van der Waals surface area contributed by atoms with Gasteiger partial charge in [0.25, 0.3) is 11.1 Å². The van der Waals surface area contributed by atoms with Crippen LogP contribution in [0.5, 0.6) is 11.5 Å². The predicted octanol–water partition coefficient (Wildman–Crippen LogP) is 4.49. The van der Waals surface area contributed by atoms with Gasteiger partial charge in [-0.1, -0.05) is 36.4 Å². The zero-order chi connectivity index (χ0) is 19.0. The molecule has 0 radical (unpaired) electrons. The summed E-state index contributed by atoms with van der Waals surface area (Å²) in [5.41, 5.74) is 1.23. The van der Waals surface area contributed by atoms with E-state index in [1.165, 1.54) is 29.2 Å². The molecule has 0 aliphatic carbocycles. The lowest BCUT2D eigenvalue weighted by atomic mass is 10.1. The van der Waals surface area contributed by atoms with Crippen molar-refractivity contribution in [2.75, 3.05) is 0 Å². The Hall–Kier alpha value is -3.25. The number of aromatic hydroxyl groups is 2. The van der Waals surface area contributed by atoms with Gasteiger partial charge in [-0.25, -0.2) is 0 Å². The van der Waals surface area contributed by atoms with E-state index in [0.717, 1.165) is 28.1 Å². The second-order valence-corrected chi connectivity index (χ2v) is 7.19. The molecule has 2 amide bonds. The Morgan fingerprint density at radius 2 is 1.70 bits per heavy atom. The molecule has 1 heterocycles. The zero-order valence-electron chi connectivity index (χ0n) is 14.1. The average molecular weight is 377 g/mol. The van der Waals surface area contributed by atoms with Crippen molar-refractivity contribution in [3.05, 3.63) is 76.7 Å². The van der Waals surface area contributed by atoms with E-state index in [1.54, 1.807) is 0 Å². The van der Waals surface area contributed by atoms with Crippen molar-refractivity contribution in [3.8, 4) is 11.5 Å². The van der Waals surface area contributed by atoms with Gasteiger partial charge in [-0.3, -0.25) is 14.5 Å². The van der Waals surface area contributed by atoms with E-state index in [0.29, 0.717) is 5.56 Å². The van der Waals surface area contributed by atoms with E-state index in [-0.39, 0.29) is 28.2 Å². The maximum absolute atomic E-state index is 12.7. The van der Waals surface area contributed by atoms with Crippen LogP contribution in [0.4, 0.5) is 4.79 Å². The Morgan fingerprint density at radius 3 is 2.48 bits per heavy atom. The first-order valence-electron chi connectivity index (χ1n) is 8.26. The smallest absolute Gasteiger partial charge is 0.293 e. The summed E-state index contributed by atoms with van der Waals surface area (Å²) in [6.07, 6.45) is 1.46. The standard InChI is InChI=1S/C21H15NO4S/c23-17-8-7-16(18(24)11-17)10-19-20(25)22(21(26)27-19)12-13-5-6-14-3-1-2-4-15(14)9-13/h1-11,23-24H,12H2/b19-10-. The average Bonchev–Trinajstić information content (AvgIpc) is 2.91. The molecule has 0 bridgehead atoms. The van der Waals surface area contributed by atoms with Crippen LogP contribution in [-0.4, -0.2) is 26.3 Å². The predicted molar refractivity (Wildman–Crippen MR) is 105 cm³/mol. The molecular weight excluding hydrogens is 362 g/mol. The summed E-state index contributed by atoms with van der Waals surface area (Å²) in [5.74, 6) is -0.629. The molecule has 6 heteroatoms. The van der Waals surface area contributed by atoms with Gasteiger partial charge >= 0.3 is 0 Å². The summed E-state index contributed by atoms with van der Waals surface area (Å²) in [6, 6.07) is 17.8. The topological polar surface area (TPSA) is 77.8 Å². The van der Waals surface area contributed by atoms with Crippen molar-refractivity contribution in [2.24, 2.45) is 0 Å². The quantitative estimate of drug-likeness (QED) is 0.658. The SMILES string of the molecule is O=C1S/C(=C\c2ccc(O)cc2O)C(=O)N1Cc1ccc2ccccc2c1. The molecule has 3 aromatic carbocycles. The van der Waals surface area contributed by atoms with Crippen molar-refractivity contribution in [3.63, 3.8) is 0 Å². The van der Waals surface area contributed by atoms with Crippen molar-refractivity contribution >= 4 is 39.8 Å². The summed E-state index contributed by atoms with van der Waals surface area (Å²) >= 11 is 0.837. The van der Waals surface area contributed by atoms with Gasteiger partial charge in [0.2, 0.25) is 0 Å². The number of phenols is 2. The number of carbonyl (C=O) groups is 2. The van der Waals surface area contributed by atoms with Crippen LogP contribution in [0.3, 0.4) is 0 Å². The molecule has 0 aromatic heterocycles. The molecule has 1 saturated heterocycles. The summed E-state index contributed by atoms with van der Waals surface area (Å²) in [4.78, 5) is 26.4. The van der Waals surface area contributed by atoms with Crippen LogP contribution in [0.25, 0.3) is 16.8 Å². The van der Waals surface area contributed by atoms with Gasteiger partial charge in [0.05, 0.1) is 11.4 Å². The normalized spacial score (nSPS) is 15.9. The number of fused-ring (bicyclic) bond motifs is 1. The first-order valence-corrected chi connectivity index (χ1v) is 9.08. The lowest BCUT2D eigenvalue weighted by molar-refractivity contribution is -0.123. The molecule has 134 valence electrons. The molecule has 0 unspecified atom stereocenters. The highest BCUT2D eigenvalue weighted by atomic mass is 32.2. The van der Waals surface area contributed by atoms with Crippen LogP contribution in [0.1, 0.15) is 11.1 Å². The molecule has 0 atom stereocenters. The van der Waals surface area contributed by atoms with Gasteiger partial charge in [0.15, 0.2) is 0 Å². The fourth-order valence-corrected chi connectivity index (χ4v) is 3.78. The minimum absolute atomic E-state index is 0.0749. The molecule has 5 nitrogen and oxygen atoms in total. The number of phenolic OH excluding ortho intramolecular Hbond substituents is 2. The molecular formula is C21H15NO4S. The Kier molecular flexibility index (Phi) is 4.33. The number of imide groups is 1. The third-order valence-corrected chi connectivity index (χ3v) is 5.24. The Balaban J connectivity index is 1.59. The number of hydrogen-bond donors (Lipinski definition) is 2. The molecule has 1 aliphatic heterocycles. The highest BCUT2D eigenvalue weighted by molar-refractivity contribution is 8.18. The van der Waals surface area contributed by atoms with Crippen LogP contribution in [0.2, 0.25) is 0 Å². The van der Waals surface area contributed by atoms with E-state index < -0.39 is 5.91 Å². The Bertz CT molecular complexity index is 1110. The number of nitrogens with zero attached hydrogens (tertiary/aromatic N) is 1. The monoisotopic (exact) mass is 377 g/mol. The molecule has 0 spiro atoms. The maximum atomic E-state index is 12.7. The fraction of sp³-hybridized carbons (Fsp3) is 0.0476. The summed E-state index contributed by atoms with van der Waals surface area (Å²) < 4.78 is 0. The molecule has 4 rings (SSSR count). The van der Waals surface area contributed by atoms with Crippen LogP contribution < -0.4 is 0 Å². The zero-order valence-corrected chi connectivity index (χ0v) is 14.9. The lowest BCUT2D eigenvalue weighted by Gasteiger charge is -2.13. The second kappa shape index (κ2) is 6.81. The van der Waals surface area contributed by atoms with Crippen LogP contribution in [0, 0.1) is 0 Å².